The lowest BCUT2D eigenvalue weighted by Gasteiger charge is -2.37. The molecule has 1 aromatic carbocycles. The molecule has 1 heterocycles. The highest BCUT2D eigenvalue weighted by Crippen LogP contribution is 2.17. The maximum atomic E-state index is 13.8. The van der Waals surface area contributed by atoms with E-state index in [0.717, 1.165) is 38.8 Å². The summed E-state index contributed by atoms with van der Waals surface area (Å²) in [6, 6.07) is 6.26. The molecule has 0 spiro atoms. The molecule has 6 nitrogen and oxygen atoms in total. The zero-order chi connectivity index (χ0) is 19.2. The molecule has 0 bridgehead atoms. The van der Waals surface area contributed by atoms with E-state index in [9.17, 15) is 14.0 Å². The van der Waals surface area contributed by atoms with Crippen molar-refractivity contribution >= 4 is 11.9 Å². The molecule has 27 heavy (non-hydrogen) atoms. The molecule has 148 valence electrons. The highest BCUT2D eigenvalue weighted by atomic mass is 19.1. The maximum absolute atomic E-state index is 13.8. The molecule has 3 amide bonds. The lowest BCUT2D eigenvalue weighted by atomic mass is 10.1. The standard InChI is InChI=1S/C20H29FN4O2/c1-15(19(26)23-20(27)22-17-7-3-4-8-17)25-12-10-24(11-13-25)14-16-6-2-5-9-18(16)21/h2,5-6,9,15,17H,3-4,7-8,10-14H2,1H3,(H2,22,23,26,27). The first-order valence-corrected chi connectivity index (χ1v) is 9.84. The summed E-state index contributed by atoms with van der Waals surface area (Å²) in [4.78, 5) is 28.6. The number of hydrogen-bond donors (Lipinski definition) is 2. The van der Waals surface area contributed by atoms with Crippen LogP contribution in [0.15, 0.2) is 24.3 Å². The molecular formula is C20H29FN4O2. The van der Waals surface area contributed by atoms with Gasteiger partial charge in [0.1, 0.15) is 5.82 Å². The van der Waals surface area contributed by atoms with Gasteiger partial charge in [-0.2, -0.15) is 0 Å². The Balaban J connectivity index is 1.42. The van der Waals surface area contributed by atoms with Gasteiger partial charge in [-0.05, 0) is 25.8 Å². The highest BCUT2D eigenvalue weighted by Gasteiger charge is 2.27. The molecule has 2 aliphatic rings. The number of piperazine rings is 1. The Hall–Kier alpha value is -1.99. The predicted octanol–water partition coefficient (Wildman–Crippen LogP) is 2.10. The van der Waals surface area contributed by atoms with Gasteiger partial charge in [0, 0.05) is 44.3 Å². The second-order valence-corrected chi connectivity index (χ2v) is 7.52. The van der Waals surface area contributed by atoms with E-state index >= 15 is 0 Å². The number of carbonyl (C=O) groups excluding carboxylic acids is 2. The van der Waals surface area contributed by atoms with Gasteiger partial charge >= 0.3 is 6.03 Å². The summed E-state index contributed by atoms with van der Waals surface area (Å²) in [5, 5.41) is 5.34. The quantitative estimate of drug-likeness (QED) is 0.826. The van der Waals surface area contributed by atoms with Crippen LogP contribution in [0.5, 0.6) is 0 Å². The van der Waals surface area contributed by atoms with Crippen LogP contribution in [0.25, 0.3) is 0 Å². The minimum absolute atomic E-state index is 0.180. The van der Waals surface area contributed by atoms with E-state index in [-0.39, 0.29) is 23.8 Å². The summed E-state index contributed by atoms with van der Waals surface area (Å²) in [6.07, 6.45) is 4.24. The molecule has 1 saturated carbocycles. The third kappa shape index (κ3) is 5.49. The monoisotopic (exact) mass is 376 g/mol. The topological polar surface area (TPSA) is 64.7 Å². The lowest BCUT2D eigenvalue weighted by Crippen LogP contribution is -2.55. The van der Waals surface area contributed by atoms with Crippen molar-refractivity contribution in [1.29, 1.82) is 0 Å². The van der Waals surface area contributed by atoms with Crippen LogP contribution in [0.3, 0.4) is 0 Å². The Morgan fingerprint density at radius 2 is 1.81 bits per heavy atom. The average molecular weight is 376 g/mol. The van der Waals surface area contributed by atoms with Crippen LogP contribution < -0.4 is 10.6 Å². The van der Waals surface area contributed by atoms with Crippen LogP contribution >= 0.6 is 0 Å². The van der Waals surface area contributed by atoms with E-state index in [1.54, 1.807) is 12.1 Å². The van der Waals surface area contributed by atoms with Gasteiger partial charge < -0.3 is 5.32 Å². The predicted molar refractivity (Wildman–Crippen MR) is 102 cm³/mol. The molecular weight excluding hydrogens is 347 g/mol. The zero-order valence-electron chi connectivity index (χ0n) is 15.9. The van der Waals surface area contributed by atoms with E-state index in [1.807, 2.05) is 13.0 Å². The number of urea groups is 1. The normalized spacial score (nSPS) is 20.4. The lowest BCUT2D eigenvalue weighted by molar-refractivity contribution is -0.125. The van der Waals surface area contributed by atoms with Gasteiger partial charge in [-0.1, -0.05) is 31.0 Å². The molecule has 1 atom stereocenters. The van der Waals surface area contributed by atoms with Gasteiger partial charge in [0.05, 0.1) is 6.04 Å². The van der Waals surface area contributed by atoms with Gasteiger partial charge in [-0.25, -0.2) is 9.18 Å². The van der Waals surface area contributed by atoms with Crippen molar-refractivity contribution in [2.24, 2.45) is 0 Å². The number of imide groups is 1. The average Bonchev–Trinajstić information content (AvgIpc) is 3.16. The Morgan fingerprint density at radius 3 is 2.48 bits per heavy atom. The molecule has 2 fully saturated rings. The molecule has 2 N–H and O–H groups in total. The number of benzene rings is 1. The molecule has 1 aromatic rings. The summed E-state index contributed by atoms with van der Waals surface area (Å²) in [7, 11) is 0. The van der Waals surface area contributed by atoms with Crippen molar-refractivity contribution in [3.63, 3.8) is 0 Å². The molecule has 1 aliphatic carbocycles. The molecule has 7 heteroatoms. The first-order chi connectivity index (χ1) is 13.0. The fourth-order valence-electron chi connectivity index (χ4n) is 3.85. The van der Waals surface area contributed by atoms with E-state index in [1.165, 1.54) is 6.07 Å². The van der Waals surface area contributed by atoms with Gasteiger partial charge in [-0.3, -0.25) is 19.9 Å². The van der Waals surface area contributed by atoms with Crippen LogP contribution in [0.2, 0.25) is 0 Å². The van der Waals surface area contributed by atoms with Crippen LogP contribution in [0, 0.1) is 5.82 Å². The van der Waals surface area contributed by atoms with Gasteiger partial charge in [0.15, 0.2) is 0 Å². The minimum Gasteiger partial charge on any atom is -0.335 e. The fourth-order valence-corrected chi connectivity index (χ4v) is 3.85. The Kier molecular flexibility index (Phi) is 6.79. The third-order valence-corrected chi connectivity index (χ3v) is 5.61. The number of halogens is 1. The number of nitrogens with zero attached hydrogens (tertiary/aromatic N) is 2. The summed E-state index contributed by atoms with van der Waals surface area (Å²) >= 11 is 0. The number of amides is 3. The van der Waals surface area contributed by atoms with Crippen LogP contribution in [-0.2, 0) is 11.3 Å². The van der Waals surface area contributed by atoms with Crippen LogP contribution in [0.1, 0.15) is 38.2 Å². The first kappa shape index (κ1) is 19.8. The van der Waals surface area contributed by atoms with Crippen molar-refractivity contribution in [1.82, 2.24) is 20.4 Å². The van der Waals surface area contributed by atoms with Gasteiger partial charge in [0.2, 0.25) is 5.91 Å². The number of rotatable bonds is 5. The zero-order valence-corrected chi connectivity index (χ0v) is 15.9. The van der Waals surface area contributed by atoms with Crippen LogP contribution in [0.4, 0.5) is 9.18 Å². The first-order valence-electron chi connectivity index (χ1n) is 9.84. The van der Waals surface area contributed by atoms with E-state index in [4.69, 9.17) is 0 Å². The van der Waals surface area contributed by atoms with E-state index in [0.29, 0.717) is 25.2 Å². The third-order valence-electron chi connectivity index (χ3n) is 5.61. The van der Waals surface area contributed by atoms with E-state index in [2.05, 4.69) is 20.4 Å². The van der Waals surface area contributed by atoms with Crippen molar-refractivity contribution in [3.05, 3.63) is 35.6 Å². The Labute approximate surface area is 160 Å². The molecule has 1 aliphatic heterocycles. The molecule has 1 saturated heterocycles. The largest absolute Gasteiger partial charge is 0.335 e. The minimum atomic E-state index is -0.392. The maximum Gasteiger partial charge on any atom is 0.321 e. The van der Waals surface area contributed by atoms with Crippen LogP contribution in [-0.4, -0.2) is 60.0 Å². The van der Waals surface area contributed by atoms with Crippen molar-refractivity contribution in [2.75, 3.05) is 26.2 Å². The molecule has 1 unspecified atom stereocenters. The number of nitrogens with one attached hydrogen (secondary N) is 2. The van der Waals surface area contributed by atoms with Crippen molar-refractivity contribution in [3.8, 4) is 0 Å². The summed E-state index contributed by atoms with van der Waals surface area (Å²) in [5.41, 5.74) is 0.695. The molecule has 3 rings (SSSR count). The smallest absolute Gasteiger partial charge is 0.321 e. The number of hydrogen-bond acceptors (Lipinski definition) is 4. The van der Waals surface area contributed by atoms with Gasteiger partial charge in [0.25, 0.3) is 0 Å². The van der Waals surface area contributed by atoms with Crippen molar-refractivity contribution < 1.29 is 14.0 Å². The summed E-state index contributed by atoms with van der Waals surface area (Å²) < 4.78 is 13.8. The molecule has 0 radical (unpaired) electrons. The number of carbonyl (C=O) groups is 2. The fraction of sp³-hybridized carbons (Fsp3) is 0.600. The Bertz CT molecular complexity index is 655. The Morgan fingerprint density at radius 1 is 1.15 bits per heavy atom. The highest BCUT2D eigenvalue weighted by molar-refractivity contribution is 5.96. The summed E-state index contributed by atoms with van der Waals surface area (Å²) in [6.45, 7) is 5.36. The SMILES string of the molecule is CC(C(=O)NC(=O)NC1CCCC1)N1CCN(Cc2ccccc2F)CC1. The van der Waals surface area contributed by atoms with Gasteiger partial charge in [-0.15, -0.1) is 0 Å². The molecule has 0 aromatic heterocycles. The summed E-state index contributed by atoms with van der Waals surface area (Å²) in [5.74, 6) is -0.450. The van der Waals surface area contributed by atoms with E-state index < -0.39 is 6.03 Å². The second-order valence-electron chi connectivity index (χ2n) is 7.52. The van der Waals surface area contributed by atoms with Crippen molar-refractivity contribution in [2.45, 2.75) is 51.2 Å². The second kappa shape index (κ2) is 9.28.